The summed E-state index contributed by atoms with van der Waals surface area (Å²) in [6, 6.07) is 11.1. The molecule has 0 unspecified atom stereocenters. The van der Waals surface area contributed by atoms with E-state index in [-0.39, 0.29) is 5.91 Å². The highest BCUT2D eigenvalue weighted by atomic mass is 79.9. The highest BCUT2D eigenvalue weighted by molar-refractivity contribution is 9.10. The van der Waals surface area contributed by atoms with Crippen molar-refractivity contribution in [2.75, 3.05) is 12.4 Å². The van der Waals surface area contributed by atoms with Gasteiger partial charge in [-0.05, 0) is 37.3 Å². The number of ether oxygens (including phenoxy) is 1. The fraction of sp³-hybridized carbons (Fsp3) is 0.125. The van der Waals surface area contributed by atoms with Crippen molar-refractivity contribution >= 4 is 33.2 Å². The molecule has 3 rings (SSSR count). The van der Waals surface area contributed by atoms with Crippen molar-refractivity contribution in [2.45, 2.75) is 6.92 Å². The molecular formula is C16H14BrN3O2. The average molecular weight is 360 g/mol. The molecule has 0 saturated carbocycles. The maximum Gasteiger partial charge on any atom is 0.274 e. The number of imidazole rings is 1. The number of nitrogens with one attached hydrogen (secondary N) is 1. The second-order valence-corrected chi connectivity index (χ2v) is 5.70. The van der Waals surface area contributed by atoms with Crippen LogP contribution in [0.15, 0.2) is 47.1 Å². The molecular weight excluding hydrogens is 346 g/mol. The van der Waals surface area contributed by atoms with Crippen molar-refractivity contribution < 1.29 is 9.53 Å². The zero-order valence-corrected chi connectivity index (χ0v) is 13.7. The lowest BCUT2D eigenvalue weighted by Crippen LogP contribution is -2.15. The first-order chi connectivity index (χ1) is 10.6. The Bertz CT molecular complexity index is 858. The number of carbonyl (C=O) groups is 1. The quantitative estimate of drug-likeness (QED) is 0.776. The lowest BCUT2D eigenvalue weighted by Gasteiger charge is -2.07. The summed E-state index contributed by atoms with van der Waals surface area (Å²) < 4.78 is 7.93. The number of benzene rings is 1. The van der Waals surface area contributed by atoms with E-state index in [9.17, 15) is 4.79 Å². The smallest absolute Gasteiger partial charge is 0.274 e. The van der Waals surface area contributed by atoms with Crippen LogP contribution in [0.5, 0.6) is 5.75 Å². The van der Waals surface area contributed by atoms with Crippen molar-refractivity contribution in [3.8, 4) is 5.75 Å². The molecule has 0 fully saturated rings. The number of rotatable bonds is 3. The minimum absolute atomic E-state index is 0.212. The van der Waals surface area contributed by atoms with Crippen molar-refractivity contribution in [2.24, 2.45) is 0 Å². The number of aromatic nitrogens is 2. The van der Waals surface area contributed by atoms with Crippen LogP contribution in [0.4, 0.5) is 5.69 Å². The lowest BCUT2D eigenvalue weighted by molar-refractivity contribution is 0.102. The fourth-order valence-corrected chi connectivity index (χ4v) is 2.74. The van der Waals surface area contributed by atoms with Crippen LogP contribution in [0, 0.1) is 6.92 Å². The standard InChI is InChI=1S/C16H14BrN3O2/c1-10-14(16(21)19-12-6-3-5-11(17)9-12)20-8-4-7-13(22-2)15(20)18-10/h3-9H,1-2H3,(H,19,21). The van der Waals surface area contributed by atoms with Crippen molar-refractivity contribution in [3.63, 3.8) is 0 Å². The van der Waals surface area contributed by atoms with E-state index < -0.39 is 0 Å². The Labute approximate surface area is 136 Å². The molecule has 1 amide bonds. The Hall–Kier alpha value is -2.34. The second-order valence-electron chi connectivity index (χ2n) is 4.78. The summed E-state index contributed by atoms with van der Waals surface area (Å²) in [6.07, 6.45) is 1.80. The molecule has 0 aliphatic heterocycles. The first-order valence-corrected chi connectivity index (χ1v) is 7.48. The van der Waals surface area contributed by atoms with Crippen molar-refractivity contribution in [1.82, 2.24) is 9.38 Å². The van der Waals surface area contributed by atoms with Gasteiger partial charge in [0.25, 0.3) is 5.91 Å². The van der Waals surface area contributed by atoms with E-state index in [1.54, 1.807) is 17.7 Å². The van der Waals surface area contributed by atoms with Gasteiger partial charge in [0, 0.05) is 16.4 Å². The van der Waals surface area contributed by atoms with Gasteiger partial charge in [-0.3, -0.25) is 9.20 Å². The monoisotopic (exact) mass is 359 g/mol. The molecule has 0 bridgehead atoms. The highest BCUT2D eigenvalue weighted by Gasteiger charge is 2.18. The summed E-state index contributed by atoms with van der Waals surface area (Å²) in [7, 11) is 1.58. The van der Waals surface area contributed by atoms with Crippen molar-refractivity contribution in [1.29, 1.82) is 0 Å². The molecule has 6 heteroatoms. The number of fused-ring (bicyclic) bond motifs is 1. The molecule has 0 aliphatic carbocycles. The zero-order valence-electron chi connectivity index (χ0n) is 12.1. The van der Waals surface area contributed by atoms with Crippen LogP contribution in [0.1, 0.15) is 16.2 Å². The van der Waals surface area contributed by atoms with E-state index >= 15 is 0 Å². The van der Waals surface area contributed by atoms with Gasteiger partial charge >= 0.3 is 0 Å². The van der Waals surface area contributed by atoms with Crippen LogP contribution in [0.2, 0.25) is 0 Å². The predicted molar refractivity (Wildman–Crippen MR) is 88.6 cm³/mol. The minimum atomic E-state index is -0.212. The number of aryl methyl sites for hydroxylation is 1. The number of amides is 1. The topological polar surface area (TPSA) is 55.6 Å². The largest absolute Gasteiger partial charge is 0.493 e. The summed E-state index contributed by atoms with van der Waals surface area (Å²) in [4.78, 5) is 17.0. The third kappa shape index (κ3) is 2.57. The molecule has 0 spiro atoms. The number of pyridine rings is 1. The summed E-state index contributed by atoms with van der Waals surface area (Å²) in [5.41, 5.74) is 2.49. The third-order valence-corrected chi connectivity index (χ3v) is 3.80. The van der Waals surface area contributed by atoms with Gasteiger partial charge in [0.05, 0.1) is 12.8 Å². The van der Waals surface area contributed by atoms with E-state index in [1.165, 1.54) is 0 Å². The van der Waals surface area contributed by atoms with Gasteiger partial charge in [-0.2, -0.15) is 0 Å². The first-order valence-electron chi connectivity index (χ1n) is 6.68. The molecule has 22 heavy (non-hydrogen) atoms. The Kier molecular flexibility index (Phi) is 3.85. The first kappa shape index (κ1) is 14.6. The van der Waals surface area contributed by atoms with E-state index in [0.717, 1.165) is 10.2 Å². The molecule has 2 aromatic heterocycles. The van der Waals surface area contributed by atoms with Gasteiger partial charge in [-0.1, -0.05) is 22.0 Å². The Morgan fingerprint density at radius 1 is 1.32 bits per heavy atom. The minimum Gasteiger partial charge on any atom is -0.493 e. The number of anilines is 1. The Morgan fingerprint density at radius 2 is 2.14 bits per heavy atom. The molecule has 0 aliphatic rings. The Balaban J connectivity index is 2.02. The van der Waals surface area contributed by atoms with Crippen LogP contribution < -0.4 is 10.1 Å². The maximum absolute atomic E-state index is 12.6. The van der Waals surface area contributed by atoms with Crippen LogP contribution in [-0.2, 0) is 0 Å². The van der Waals surface area contributed by atoms with Gasteiger partial charge in [0.2, 0.25) is 0 Å². The fourth-order valence-electron chi connectivity index (χ4n) is 2.35. The summed E-state index contributed by atoms with van der Waals surface area (Å²) in [5, 5.41) is 2.89. The number of methoxy groups -OCH3 is 1. The van der Waals surface area contributed by atoms with E-state index in [4.69, 9.17) is 4.74 Å². The van der Waals surface area contributed by atoms with Crippen LogP contribution >= 0.6 is 15.9 Å². The van der Waals surface area contributed by atoms with Gasteiger partial charge < -0.3 is 10.1 Å². The van der Waals surface area contributed by atoms with Gasteiger partial charge in [0.15, 0.2) is 11.4 Å². The molecule has 0 radical (unpaired) electrons. The highest BCUT2D eigenvalue weighted by Crippen LogP contribution is 2.23. The molecule has 5 nitrogen and oxygen atoms in total. The van der Waals surface area contributed by atoms with Crippen LogP contribution in [0.25, 0.3) is 5.65 Å². The lowest BCUT2D eigenvalue weighted by atomic mass is 10.3. The third-order valence-electron chi connectivity index (χ3n) is 3.31. The molecule has 1 aromatic carbocycles. The molecule has 0 atom stereocenters. The molecule has 3 aromatic rings. The van der Waals surface area contributed by atoms with Gasteiger partial charge in [0.1, 0.15) is 5.69 Å². The number of hydrogen-bond donors (Lipinski definition) is 1. The molecule has 1 N–H and O–H groups in total. The number of carbonyl (C=O) groups excluding carboxylic acids is 1. The van der Waals surface area contributed by atoms with Crippen LogP contribution in [0.3, 0.4) is 0 Å². The molecule has 0 saturated heterocycles. The van der Waals surface area contributed by atoms with E-state index in [0.29, 0.717) is 22.8 Å². The Morgan fingerprint density at radius 3 is 2.86 bits per heavy atom. The van der Waals surface area contributed by atoms with Gasteiger partial charge in [-0.15, -0.1) is 0 Å². The number of halogens is 1. The average Bonchev–Trinajstić information content (AvgIpc) is 2.83. The maximum atomic E-state index is 12.6. The second kappa shape index (κ2) is 5.81. The van der Waals surface area contributed by atoms with Crippen LogP contribution in [-0.4, -0.2) is 22.4 Å². The van der Waals surface area contributed by atoms with E-state index in [2.05, 4.69) is 26.2 Å². The number of hydrogen-bond acceptors (Lipinski definition) is 3. The zero-order chi connectivity index (χ0) is 15.7. The summed E-state index contributed by atoms with van der Waals surface area (Å²) in [5.74, 6) is 0.420. The van der Waals surface area contributed by atoms with Crippen molar-refractivity contribution in [3.05, 3.63) is 58.5 Å². The summed E-state index contributed by atoms with van der Waals surface area (Å²) in [6.45, 7) is 1.81. The number of nitrogens with zero attached hydrogens (tertiary/aromatic N) is 2. The predicted octanol–water partition coefficient (Wildman–Crippen LogP) is 3.67. The summed E-state index contributed by atoms with van der Waals surface area (Å²) >= 11 is 3.39. The SMILES string of the molecule is COc1cccn2c(C(=O)Nc3cccc(Br)c3)c(C)nc12. The molecule has 112 valence electrons. The van der Waals surface area contributed by atoms with E-state index in [1.807, 2.05) is 43.3 Å². The normalized spacial score (nSPS) is 10.7. The molecule has 2 heterocycles. The van der Waals surface area contributed by atoms with Gasteiger partial charge in [-0.25, -0.2) is 4.98 Å².